The summed E-state index contributed by atoms with van der Waals surface area (Å²) >= 11 is 1.65. The third-order valence-electron chi connectivity index (χ3n) is 3.98. The summed E-state index contributed by atoms with van der Waals surface area (Å²) in [5, 5.41) is 4.44. The molecule has 1 aromatic carbocycles. The molecule has 0 unspecified atom stereocenters. The second-order valence-corrected chi connectivity index (χ2v) is 8.67. The van der Waals surface area contributed by atoms with Gasteiger partial charge in [-0.2, -0.15) is 4.31 Å². The minimum absolute atomic E-state index is 0.518. The number of nitrogens with zero attached hydrogens (tertiary/aromatic N) is 3. The summed E-state index contributed by atoms with van der Waals surface area (Å²) in [5.74, 6) is 0. The number of hydrogen-bond donors (Lipinski definition) is 0. The van der Waals surface area contributed by atoms with Gasteiger partial charge in [-0.1, -0.05) is 30.3 Å². The van der Waals surface area contributed by atoms with Gasteiger partial charge in [-0.15, -0.1) is 11.3 Å². The van der Waals surface area contributed by atoms with Crippen LogP contribution in [0.25, 0.3) is 6.08 Å². The number of sulfonamides is 1. The van der Waals surface area contributed by atoms with Crippen molar-refractivity contribution >= 4 is 27.4 Å². The molecule has 3 rings (SSSR count). The lowest BCUT2D eigenvalue weighted by Crippen LogP contribution is -2.47. The first-order valence-electron chi connectivity index (χ1n) is 7.89. The summed E-state index contributed by atoms with van der Waals surface area (Å²) in [6.45, 7) is 5.29. The van der Waals surface area contributed by atoms with E-state index in [1.807, 2.05) is 37.3 Å². The molecule has 1 saturated heterocycles. The number of rotatable bonds is 5. The average molecular weight is 364 g/mol. The lowest BCUT2D eigenvalue weighted by Gasteiger charge is -2.32. The van der Waals surface area contributed by atoms with E-state index in [9.17, 15) is 8.42 Å². The van der Waals surface area contributed by atoms with Crippen LogP contribution >= 0.6 is 11.3 Å². The number of thiazole rings is 1. The summed E-state index contributed by atoms with van der Waals surface area (Å²) in [6, 6.07) is 9.48. The summed E-state index contributed by atoms with van der Waals surface area (Å²) in [5.41, 5.74) is 1.95. The molecule has 0 radical (unpaired) electrons. The SMILES string of the molecule is Cc1nc(CN2CCN(S(=O)(=O)C=Cc3ccccc3)CC2)cs1. The number of aromatic nitrogens is 1. The topological polar surface area (TPSA) is 53.5 Å². The molecule has 2 heterocycles. The number of hydrogen-bond acceptors (Lipinski definition) is 5. The second kappa shape index (κ2) is 7.57. The Morgan fingerprint density at radius 1 is 1.17 bits per heavy atom. The number of benzene rings is 1. The molecule has 0 atom stereocenters. The van der Waals surface area contributed by atoms with Crippen molar-refractivity contribution in [2.45, 2.75) is 13.5 Å². The fraction of sp³-hybridized carbons (Fsp3) is 0.353. The van der Waals surface area contributed by atoms with E-state index >= 15 is 0 Å². The standard InChI is InChI=1S/C17H21N3O2S2/c1-15-18-17(14-23-15)13-19-8-10-20(11-9-19)24(21,22)12-7-16-5-3-2-4-6-16/h2-7,12,14H,8-11,13H2,1H3. The molecule has 7 heteroatoms. The van der Waals surface area contributed by atoms with E-state index < -0.39 is 10.0 Å². The number of aryl methyl sites for hydroxylation is 1. The van der Waals surface area contributed by atoms with E-state index in [1.54, 1.807) is 21.7 Å². The van der Waals surface area contributed by atoms with Crippen LogP contribution in [-0.4, -0.2) is 48.8 Å². The molecule has 0 amide bonds. The normalized spacial score (nSPS) is 17.5. The minimum Gasteiger partial charge on any atom is -0.295 e. The molecule has 1 fully saturated rings. The van der Waals surface area contributed by atoms with Gasteiger partial charge in [-0.05, 0) is 18.6 Å². The van der Waals surface area contributed by atoms with Gasteiger partial charge in [-0.3, -0.25) is 4.90 Å². The summed E-state index contributed by atoms with van der Waals surface area (Å²) in [7, 11) is -3.36. The van der Waals surface area contributed by atoms with Gasteiger partial charge in [0.15, 0.2) is 0 Å². The molecular formula is C17H21N3O2S2. The Morgan fingerprint density at radius 2 is 1.88 bits per heavy atom. The quantitative estimate of drug-likeness (QED) is 0.819. The van der Waals surface area contributed by atoms with E-state index in [0.29, 0.717) is 13.1 Å². The molecule has 0 saturated carbocycles. The highest BCUT2D eigenvalue weighted by atomic mass is 32.2. The van der Waals surface area contributed by atoms with E-state index in [1.165, 1.54) is 5.41 Å². The van der Waals surface area contributed by atoms with Gasteiger partial charge in [0.2, 0.25) is 10.0 Å². The second-order valence-electron chi connectivity index (χ2n) is 5.79. The first-order valence-corrected chi connectivity index (χ1v) is 10.3. The van der Waals surface area contributed by atoms with E-state index in [4.69, 9.17) is 0 Å². The molecule has 1 aliphatic heterocycles. The predicted octanol–water partition coefficient (Wildman–Crippen LogP) is 2.57. The van der Waals surface area contributed by atoms with Crippen LogP contribution in [0.4, 0.5) is 0 Å². The van der Waals surface area contributed by atoms with Crippen molar-refractivity contribution in [3.05, 3.63) is 57.4 Å². The Balaban J connectivity index is 1.56. The molecule has 128 valence electrons. The number of piperazine rings is 1. The highest BCUT2D eigenvalue weighted by Crippen LogP contribution is 2.15. The lowest BCUT2D eigenvalue weighted by molar-refractivity contribution is 0.181. The lowest BCUT2D eigenvalue weighted by atomic mass is 10.2. The Kier molecular flexibility index (Phi) is 5.45. The molecule has 0 spiro atoms. The Labute approximate surface area is 147 Å². The van der Waals surface area contributed by atoms with E-state index in [2.05, 4.69) is 15.3 Å². The zero-order valence-electron chi connectivity index (χ0n) is 13.6. The van der Waals surface area contributed by atoms with Crippen molar-refractivity contribution in [1.29, 1.82) is 0 Å². The Hall–Kier alpha value is -1.54. The Bertz CT molecular complexity index is 792. The maximum Gasteiger partial charge on any atom is 0.236 e. The molecule has 1 aromatic heterocycles. The molecule has 0 bridgehead atoms. The van der Waals surface area contributed by atoms with E-state index in [-0.39, 0.29) is 0 Å². The first-order chi connectivity index (χ1) is 11.5. The molecule has 0 N–H and O–H groups in total. The maximum absolute atomic E-state index is 12.4. The fourth-order valence-electron chi connectivity index (χ4n) is 2.67. The maximum atomic E-state index is 12.4. The minimum atomic E-state index is -3.36. The summed E-state index contributed by atoms with van der Waals surface area (Å²) in [6.07, 6.45) is 1.65. The fourth-order valence-corrected chi connectivity index (χ4v) is 4.44. The van der Waals surface area contributed by atoms with Crippen LogP contribution in [0.2, 0.25) is 0 Å². The van der Waals surface area contributed by atoms with Crippen LogP contribution in [0, 0.1) is 6.92 Å². The zero-order valence-corrected chi connectivity index (χ0v) is 15.3. The summed E-state index contributed by atoms with van der Waals surface area (Å²) < 4.78 is 26.4. The molecule has 5 nitrogen and oxygen atoms in total. The van der Waals surface area contributed by atoms with Gasteiger partial charge in [0.05, 0.1) is 10.7 Å². The van der Waals surface area contributed by atoms with Gasteiger partial charge in [0.25, 0.3) is 0 Å². The van der Waals surface area contributed by atoms with Gasteiger partial charge < -0.3 is 0 Å². The monoisotopic (exact) mass is 363 g/mol. The molecule has 2 aromatic rings. The van der Waals surface area contributed by atoms with Gasteiger partial charge in [0.1, 0.15) is 0 Å². The van der Waals surface area contributed by atoms with Crippen LogP contribution in [0.1, 0.15) is 16.3 Å². The molecule has 0 aliphatic carbocycles. The van der Waals surface area contributed by atoms with Gasteiger partial charge in [-0.25, -0.2) is 13.4 Å². The Morgan fingerprint density at radius 3 is 2.50 bits per heavy atom. The van der Waals surface area contributed by atoms with Crippen molar-refractivity contribution in [3.8, 4) is 0 Å². The summed E-state index contributed by atoms with van der Waals surface area (Å²) in [4.78, 5) is 6.72. The van der Waals surface area contributed by atoms with Gasteiger partial charge in [0, 0.05) is 43.5 Å². The molecule has 1 aliphatic rings. The average Bonchev–Trinajstić information content (AvgIpc) is 2.99. The van der Waals surface area contributed by atoms with Crippen molar-refractivity contribution < 1.29 is 8.42 Å². The zero-order chi connectivity index (χ0) is 17.0. The van der Waals surface area contributed by atoms with Crippen LogP contribution in [0.3, 0.4) is 0 Å². The van der Waals surface area contributed by atoms with Gasteiger partial charge >= 0.3 is 0 Å². The first kappa shape index (κ1) is 17.3. The van der Waals surface area contributed by atoms with Crippen LogP contribution < -0.4 is 0 Å². The highest BCUT2D eigenvalue weighted by molar-refractivity contribution is 7.92. The smallest absolute Gasteiger partial charge is 0.236 e. The van der Waals surface area contributed by atoms with Crippen LogP contribution in [0.5, 0.6) is 0 Å². The van der Waals surface area contributed by atoms with E-state index in [0.717, 1.165) is 35.9 Å². The van der Waals surface area contributed by atoms with Crippen LogP contribution in [-0.2, 0) is 16.6 Å². The third-order valence-corrected chi connectivity index (χ3v) is 6.36. The van der Waals surface area contributed by atoms with Crippen molar-refractivity contribution in [2.24, 2.45) is 0 Å². The van der Waals surface area contributed by atoms with Crippen molar-refractivity contribution in [1.82, 2.24) is 14.2 Å². The molecule has 24 heavy (non-hydrogen) atoms. The van der Waals surface area contributed by atoms with Crippen LogP contribution in [0.15, 0.2) is 41.1 Å². The van der Waals surface area contributed by atoms with Crippen molar-refractivity contribution in [2.75, 3.05) is 26.2 Å². The largest absolute Gasteiger partial charge is 0.295 e. The molecular weight excluding hydrogens is 342 g/mol. The van der Waals surface area contributed by atoms with Crippen molar-refractivity contribution in [3.63, 3.8) is 0 Å². The highest BCUT2D eigenvalue weighted by Gasteiger charge is 2.25. The third kappa shape index (κ3) is 4.51. The predicted molar refractivity (Wildman–Crippen MR) is 98.1 cm³/mol.